The largest absolute Gasteiger partial charge is 0.394 e. The van der Waals surface area contributed by atoms with Crippen LogP contribution in [-0.4, -0.2) is 66.2 Å². The van der Waals surface area contributed by atoms with E-state index in [-0.39, 0.29) is 22.7 Å². The van der Waals surface area contributed by atoms with Crippen molar-refractivity contribution in [1.82, 2.24) is 19.7 Å². The number of rotatable bonds is 3. The van der Waals surface area contributed by atoms with Gasteiger partial charge in [0, 0.05) is 7.05 Å². The summed E-state index contributed by atoms with van der Waals surface area (Å²) in [4.78, 5) is 20.2. The second kappa shape index (κ2) is 5.70. The Morgan fingerprint density at radius 3 is 2.78 bits per heavy atom. The van der Waals surface area contributed by atoms with Gasteiger partial charge in [-0.05, 0) is 0 Å². The van der Waals surface area contributed by atoms with Crippen molar-refractivity contribution in [3.05, 3.63) is 16.6 Å². The number of aliphatic hydroxyl groups is 3. The highest BCUT2D eigenvalue weighted by Crippen LogP contribution is 2.24. The Morgan fingerprint density at radius 2 is 2.13 bits per heavy atom. The van der Waals surface area contributed by atoms with Crippen LogP contribution in [0, 0.1) is 0 Å². The third-order valence-electron chi connectivity index (χ3n) is 3.67. The third kappa shape index (κ3) is 2.49. The van der Waals surface area contributed by atoms with Crippen LogP contribution >= 0.6 is 0 Å². The molecule has 11 nitrogen and oxygen atoms in total. The molecule has 0 radical (unpaired) electrons. The Labute approximate surface area is 129 Å². The normalized spacial score (nSPS) is 27.5. The molecule has 1 saturated heterocycles. The molecule has 1 fully saturated rings. The minimum Gasteiger partial charge on any atom is -0.394 e. The molecular formula is C12H16N6O5. The molecule has 0 aromatic carbocycles. The van der Waals surface area contributed by atoms with Crippen LogP contribution in [0.5, 0.6) is 0 Å². The minimum atomic E-state index is -1.31. The first-order valence-electron chi connectivity index (χ1n) is 6.80. The molecule has 6 N–H and O–H groups in total. The molecule has 0 spiro atoms. The summed E-state index contributed by atoms with van der Waals surface area (Å²) < 4.78 is 6.64. The van der Waals surface area contributed by atoms with Crippen LogP contribution in [0.4, 0.5) is 11.6 Å². The van der Waals surface area contributed by atoms with Crippen molar-refractivity contribution in [3.63, 3.8) is 0 Å². The van der Waals surface area contributed by atoms with Gasteiger partial charge in [0.25, 0.3) is 0 Å². The zero-order chi connectivity index (χ0) is 16.7. The monoisotopic (exact) mass is 324 g/mol. The molecule has 23 heavy (non-hydrogen) atoms. The molecular weight excluding hydrogens is 308 g/mol. The highest BCUT2D eigenvalue weighted by atomic mass is 16.6. The number of fused-ring (bicyclic) bond motifs is 1. The van der Waals surface area contributed by atoms with Gasteiger partial charge in [0.05, 0.1) is 6.61 Å². The molecule has 4 atom stereocenters. The van der Waals surface area contributed by atoms with E-state index in [2.05, 4.69) is 20.4 Å². The molecule has 1 aliphatic heterocycles. The number of anilines is 2. The molecule has 0 saturated carbocycles. The van der Waals surface area contributed by atoms with Gasteiger partial charge in [-0.1, -0.05) is 0 Å². The molecule has 11 heteroatoms. The summed E-state index contributed by atoms with van der Waals surface area (Å²) in [5, 5.41) is 35.5. The fourth-order valence-electron chi connectivity index (χ4n) is 2.48. The summed E-state index contributed by atoms with van der Waals surface area (Å²) in [6.45, 7) is -0.459. The van der Waals surface area contributed by atoms with Crippen LogP contribution in [0.15, 0.2) is 11.1 Å². The predicted octanol–water partition coefficient (Wildman–Crippen LogP) is -2.84. The maximum absolute atomic E-state index is 12.2. The Balaban J connectivity index is 2.03. The van der Waals surface area contributed by atoms with Gasteiger partial charge in [-0.25, -0.2) is 14.6 Å². The van der Waals surface area contributed by atoms with Gasteiger partial charge >= 0.3 is 0 Å². The number of nitrogens with one attached hydrogen (secondary N) is 1. The van der Waals surface area contributed by atoms with Crippen molar-refractivity contribution in [2.24, 2.45) is 7.05 Å². The topological polar surface area (TPSA) is 169 Å². The number of aromatic nitrogens is 4. The van der Waals surface area contributed by atoms with Crippen molar-refractivity contribution < 1.29 is 20.1 Å². The summed E-state index contributed by atoms with van der Waals surface area (Å²) in [5.74, 6) is -0.140. The average Bonchev–Trinajstić information content (AvgIpc) is 2.80. The third-order valence-corrected chi connectivity index (χ3v) is 3.67. The highest BCUT2D eigenvalue weighted by Gasteiger charge is 2.42. The van der Waals surface area contributed by atoms with Gasteiger partial charge in [0.1, 0.15) is 35.8 Å². The molecule has 3 rings (SSSR count). The Bertz CT molecular complexity index is 795. The van der Waals surface area contributed by atoms with E-state index in [0.717, 1.165) is 0 Å². The smallest absolute Gasteiger partial charge is 0.237 e. The van der Waals surface area contributed by atoms with E-state index >= 15 is 0 Å². The number of nitrogens with two attached hydrogens (primary N) is 1. The second-order valence-electron chi connectivity index (χ2n) is 5.16. The van der Waals surface area contributed by atoms with Crippen molar-refractivity contribution in [2.75, 3.05) is 17.7 Å². The average molecular weight is 324 g/mol. The number of aryl methyl sites for hydroxylation is 1. The van der Waals surface area contributed by atoms with Crippen LogP contribution in [0.25, 0.3) is 11.0 Å². The minimum absolute atomic E-state index is 0.0829. The van der Waals surface area contributed by atoms with Crippen molar-refractivity contribution >= 4 is 22.7 Å². The van der Waals surface area contributed by atoms with E-state index in [0.29, 0.717) is 0 Å². The summed E-state index contributed by atoms with van der Waals surface area (Å²) in [6, 6.07) is 0. The van der Waals surface area contributed by atoms with E-state index in [4.69, 9.17) is 15.6 Å². The predicted molar refractivity (Wildman–Crippen MR) is 78.4 cm³/mol. The molecule has 1 unspecified atom stereocenters. The van der Waals surface area contributed by atoms with Gasteiger partial charge in [0.15, 0.2) is 17.7 Å². The van der Waals surface area contributed by atoms with Crippen molar-refractivity contribution in [2.45, 2.75) is 24.5 Å². The molecule has 2 aromatic rings. The lowest BCUT2D eigenvalue weighted by molar-refractivity contribution is -0.0153. The van der Waals surface area contributed by atoms with Gasteiger partial charge in [0.2, 0.25) is 5.43 Å². The van der Waals surface area contributed by atoms with Crippen LogP contribution < -0.4 is 16.5 Å². The maximum Gasteiger partial charge on any atom is 0.237 e. The molecule has 124 valence electrons. The first kappa shape index (κ1) is 15.6. The van der Waals surface area contributed by atoms with E-state index < -0.39 is 36.6 Å². The zero-order valence-corrected chi connectivity index (χ0v) is 12.1. The van der Waals surface area contributed by atoms with Crippen LogP contribution in [0.2, 0.25) is 0 Å². The van der Waals surface area contributed by atoms with E-state index in [9.17, 15) is 15.0 Å². The zero-order valence-electron chi connectivity index (χ0n) is 12.1. The SMILES string of the molecule is Cn1nc(N)c(=O)c2c(N[C@@H]3O[C@H](CO)C(O)[C@@H]3O)ncnc21. The molecule has 2 aromatic heterocycles. The molecule has 0 bridgehead atoms. The number of ether oxygens (including phenoxy) is 1. The van der Waals surface area contributed by atoms with Crippen molar-refractivity contribution in [1.29, 1.82) is 0 Å². The van der Waals surface area contributed by atoms with E-state index in [1.165, 1.54) is 11.0 Å². The second-order valence-corrected chi connectivity index (χ2v) is 5.16. The van der Waals surface area contributed by atoms with Gasteiger partial charge in [-0.2, -0.15) is 0 Å². The van der Waals surface area contributed by atoms with Gasteiger partial charge in [-0.3, -0.25) is 4.79 Å². The number of hydrogen-bond donors (Lipinski definition) is 5. The lowest BCUT2D eigenvalue weighted by Gasteiger charge is -2.18. The summed E-state index contributed by atoms with van der Waals surface area (Å²) in [5.41, 5.74) is 5.26. The molecule has 0 amide bonds. The van der Waals surface area contributed by atoms with Crippen molar-refractivity contribution in [3.8, 4) is 0 Å². The maximum atomic E-state index is 12.2. The molecule has 0 aliphatic carbocycles. The van der Waals surface area contributed by atoms with E-state index in [1.54, 1.807) is 7.05 Å². The van der Waals surface area contributed by atoms with Crippen LogP contribution in [0.3, 0.4) is 0 Å². The Hall–Kier alpha value is -2.34. The summed E-state index contributed by atoms with van der Waals surface area (Å²) in [7, 11) is 1.57. The highest BCUT2D eigenvalue weighted by molar-refractivity contribution is 5.87. The first-order chi connectivity index (χ1) is 10.9. The van der Waals surface area contributed by atoms with Gasteiger partial charge in [-0.15, -0.1) is 5.10 Å². The Kier molecular flexibility index (Phi) is 3.85. The molecule has 1 aliphatic rings. The fourth-order valence-corrected chi connectivity index (χ4v) is 2.48. The number of nitrogens with zero attached hydrogens (tertiary/aromatic N) is 4. The van der Waals surface area contributed by atoms with Crippen LogP contribution in [0.1, 0.15) is 0 Å². The molecule has 3 heterocycles. The number of aliphatic hydroxyl groups excluding tert-OH is 3. The van der Waals surface area contributed by atoms with Crippen LogP contribution in [-0.2, 0) is 11.8 Å². The van der Waals surface area contributed by atoms with Gasteiger partial charge < -0.3 is 31.1 Å². The standard InChI is InChI=1S/C12H16N6O5/c1-18-11-5(7(21)9(13)17-18)10(14-3-15-11)16-12-8(22)6(20)4(2-19)23-12/h3-4,6,8,12,19-20,22H,2H2,1H3,(H2,13,17)(H,14,15,16)/t4-,6?,8+,12-/m1/s1. The lowest BCUT2D eigenvalue weighted by Crippen LogP contribution is -2.37. The Morgan fingerprint density at radius 1 is 1.39 bits per heavy atom. The van der Waals surface area contributed by atoms with E-state index in [1.807, 2.05) is 0 Å². The number of nitrogen functional groups attached to an aromatic ring is 1. The lowest BCUT2D eigenvalue weighted by atomic mass is 10.1. The fraction of sp³-hybridized carbons (Fsp3) is 0.500. The summed E-state index contributed by atoms with van der Waals surface area (Å²) in [6.07, 6.45) is -3.35. The quantitative estimate of drug-likeness (QED) is 0.396. The summed E-state index contributed by atoms with van der Waals surface area (Å²) >= 11 is 0. The number of hydrogen-bond acceptors (Lipinski definition) is 10. The first-order valence-corrected chi connectivity index (χ1v) is 6.80.